The SMILES string of the molecule is COCCS(=O)(=O)Nc1nn(C)cc1C#N. The summed E-state index contributed by atoms with van der Waals surface area (Å²) in [5.74, 6) is -0.133. The lowest BCUT2D eigenvalue weighted by molar-refractivity contribution is 0.217. The lowest BCUT2D eigenvalue weighted by Gasteiger charge is -2.04. The molecule has 0 aliphatic carbocycles. The maximum absolute atomic E-state index is 11.5. The molecule has 0 saturated carbocycles. The Morgan fingerprint density at radius 3 is 2.94 bits per heavy atom. The van der Waals surface area contributed by atoms with Crippen molar-refractivity contribution < 1.29 is 13.2 Å². The first-order valence-corrected chi connectivity index (χ1v) is 6.07. The molecule has 1 heterocycles. The minimum Gasteiger partial charge on any atom is -0.384 e. The molecule has 0 atom stereocenters. The van der Waals surface area contributed by atoms with Gasteiger partial charge in [-0.05, 0) is 0 Å². The quantitative estimate of drug-likeness (QED) is 0.765. The van der Waals surface area contributed by atoms with E-state index in [4.69, 9.17) is 5.26 Å². The van der Waals surface area contributed by atoms with Crippen molar-refractivity contribution >= 4 is 15.8 Å². The van der Waals surface area contributed by atoms with E-state index in [1.54, 1.807) is 7.05 Å². The molecule has 0 aliphatic rings. The van der Waals surface area contributed by atoms with Crippen LogP contribution < -0.4 is 4.72 Å². The molecule has 0 spiro atoms. The van der Waals surface area contributed by atoms with Crippen LogP contribution in [0.15, 0.2) is 6.20 Å². The maximum atomic E-state index is 11.5. The highest BCUT2D eigenvalue weighted by Crippen LogP contribution is 2.12. The van der Waals surface area contributed by atoms with Crippen LogP contribution in [-0.4, -0.2) is 37.7 Å². The van der Waals surface area contributed by atoms with Crippen molar-refractivity contribution in [3.8, 4) is 6.07 Å². The Kier molecular flexibility index (Phi) is 3.87. The van der Waals surface area contributed by atoms with Gasteiger partial charge in [0.05, 0.1) is 12.4 Å². The van der Waals surface area contributed by atoms with Crippen molar-refractivity contribution in [2.75, 3.05) is 24.2 Å². The maximum Gasteiger partial charge on any atom is 0.236 e. The number of aryl methyl sites for hydroxylation is 1. The summed E-state index contributed by atoms with van der Waals surface area (Å²) in [6.07, 6.45) is 1.44. The van der Waals surface area contributed by atoms with Crippen molar-refractivity contribution in [3.63, 3.8) is 0 Å². The summed E-state index contributed by atoms with van der Waals surface area (Å²) in [5, 5.41) is 12.6. The van der Waals surface area contributed by atoms with E-state index in [-0.39, 0.29) is 23.7 Å². The number of hydrogen-bond donors (Lipinski definition) is 1. The zero-order valence-corrected chi connectivity index (χ0v) is 9.78. The zero-order valence-electron chi connectivity index (χ0n) is 8.97. The average molecular weight is 244 g/mol. The highest BCUT2D eigenvalue weighted by molar-refractivity contribution is 7.92. The number of rotatable bonds is 5. The Bertz CT molecular complexity index is 500. The molecular weight excluding hydrogens is 232 g/mol. The molecule has 1 rings (SSSR count). The summed E-state index contributed by atoms with van der Waals surface area (Å²) in [7, 11) is -0.499. The number of sulfonamides is 1. The molecule has 0 aliphatic heterocycles. The Morgan fingerprint density at radius 2 is 2.38 bits per heavy atom. The van der Waals surface area contributed by atoms with Gasteiger partial charge in [-0.3, -0.25) is 9.40 Å². The third-order valence-corrected chi connectivity index (χ3v) is 2.97. The van der Waals surface area contributed by atoms with Crippen LogP contribution in [0.1, 0.15) is 5.56 Å². The van der Waals surface area contributed by atoms with Crippen LogP contribution >= 0.6 is 0 Å². The van der Waals surface area contributed by atoms with Crippen LogP contribution in [0, 0.1) is 11.3 Å². The topological polar surface area (TPSA) is 97.0 Å². The third-order valence-electron chi connectivity index (χ3n) is 1.76. The van der Waals surface area contributed by atoms with E-state index in [0.717, 1.165) is 0 Å². The molecule has 0 amide bonds. The fourth-order valence-corrected chi connectivity index (χ4v) is 1.97. The van der Waals surface area contributed by atoms with Gasteiger partial charge in [0.1, 0.15) is 11.6 Å². The summed E-state index contributed by atoms with van der Waals surface area (Å²) in [4.78, 5) is 0. The van der Waals surface area contributed by atoms with Crippen LogP contribution in [-0.2, 0) is 21.8 Å². The minimum atomic E-state index is -3.52. The summed E-state index contributed by atoms with van der Waals surface area (Å²) in [6.45, 7) is 0.0874. The number of aromatic nitrogens is 2. The van der Waals surface area contributed by atoms with Crippen molar-refractivity contribution in [2.24, 2.45) is 7.05 Å². The molecule has 0 aromatic carbocycles. The standard InChI is InChI=1S/C8H12N4O3S/c1-12-6-7(5-9)8(10-12)11-16(13,14)4-3-15-2/h6H,3-4H2,1-2H3,(H,10,11). The van der Waals surface area contributed by atoms with Gasteiger partial charge < -0.3 is 4.74 Å². The monoisotopic (exact) mass is 244 g/mol. The van der Waals surface area contributed by atoms with Crippen molar-refractivity contribution in [1.29, 1.82) is 5.26 Å². The van der Waals surface area contributed by atoms with Crippen LogP contribution in [0.25, 0.3) is 0 Å². The predicted molar refractivity (Wildman–Crippen MR) is 57.2 cm³/mol. The zero-order chi connectivity index (χ0) is 12.2. The number of nitrogens with zero attached hydrogens (tertiary/aromatic N) is 3. The molecule has 7 nitrogen and oxygen atoms in total. The molecule has 0 unspecified atom stereocenters. The first-order valence-electron chi connectivity index (χ1n) is 4.41. The smallest absolute Gasteiger partial charge is 0.236 e. The van der Waals surface area contributed by atoms with E-state index in [9.17, 15) is 8.42 Å². The van der Waals surface area contributed by atoms with Gasteiger partial charge in [-0.1, -0.05) is 0 Å². The van der Waals surface area contributed by atoms with Crippen LogP contribution in [0.5, 0.6) is 0 Å². The fraction of sp³-hybridized carbons (Fsp3) is 0.500. The molecule has 1 N–H and O–H groups in total. The van der Waals surface area contributed by atoms with E-state index in [0.29, 0.717) is 0 Å². The second-order valence-electron chi connectivity index (χ2n) is 3.09. The van der Waals surface area contributed by atoms with Gasteiger partial charge in [-0.2, -0.15) is 10.4 Å². The van der Waals surface area contributed by atoms with Crippen LogP contribution in [0.2, 0.25) is 0 Å². The molecule has 0 bridgehead atoms. The first kappa shape index (κ1) is 12.5. The second-order valence-corrected chi connectivity index (χ2v) is 4.93. The van der Waals surface area contributed by atoms with Crippen LogP contribution in [0.3, 0.4) is 0 Å². The Hall–Kier alpha value is -1.59. The number of methoxy groups -OCH3 is 1. The van der Waals surface area contributed by atoms with Crippen molar-refractivity contribution in [2.45, 2.75) is 0 Å². The molecule has 8 heteroatoms. The van der Waals surface area contributed by atoms with Crippen LogP contribution in [0.4, 0.5) is 5.82 Å². The largest absolute Gasteiger partial charge is 0.384 e. The van der Waals surface area contributed by atoms with Gasteiger partial charge in [0.25, 0.3) is 0 Å². The highest BCUT2D eigenvalue weighted by Gasteiger charge is 2.15. The summed E-state index contributed by atoms with van der Waals surface area (Å²) in [6, 6.07) is 1.85. The second kappa shape index (κ2) is 4.96. The Balaban J connectivity index is 2.84. The molecule has 1 aromatic heterocycles. The summed E-state index contributed by atoms with van der Waals surface area (Å²) in [5.41, 5.74) is 0.184. The van der Waals surface area contributed by atoms with Gasteiger partial charge in [-0.15, -0.1) is 0 Å². The third kappa shape index (κ3) is 3.22. The molecule has 0 radical (unpaired) electrons. The molecule has 0 fully saturated rings. The van der Waals surface area contributed by atoms with Crippen molar-refractivity contribution in [1.82, 2.24) is 9.78 Å². The van der Waals surface area contributed by atoms with Gasteiger partial charge in [-0.25, -0.2) is 8.42 Å². The highest BCUT2D eigenvalue weighted by atomic mass is 32.2. The predicted octanol–water partition coefficient (Wildman–Crippen LogP) is -0.320. The van der Waals surface area contributed by atoms with Crippen molar-refractivity contribution in [3.05, 3.63) is 11.8 Å². The average Bonchev–Trinajstić information content (AvgIpc) is 2.55. The summed E-state index contributed by atoms with van der Waals surface area (Å²) < 4.78 is 31.2. The van der Waals surface area contributed by atoms with Gasteiger partial charge in [0, 0.05) is 20.4 Å². The lowest BCUT2D eigenvalue weighted by Crippen LogP contribution is -2.20. The van der Waals surface area contributed by atoms with Gasteiger partial charge in [0.2, 0.25) is 10.0 Å². The number of nitrogens with one attached hydrogen (secondary N) is 1. The van der Waals surface area contributed by atoms with E-state index in [1.807, 2.05) is 6.07 Å². The molecule has 0 saturated heterocycles. The number of nitriles is 1. The van der Waals surface area contributed by atoms with E-state index in [1.165, 1.54) is 18.0 Å². The number of ether oxygens (including phenoxy) is 1. The number of hydrogen-bond acceptors (Lipinski definition) is 5. The van der Waals surface area contributed by atoms with Gasteiger partial charge in [0.15, 0.2) is 5.82 Å². The first-order chi connectivity index (χ1) is 7.48. The summed E-state index contributed by atoms with van der Waals surface area (Å²) >= 11 is 0. The normalized spacial score (nSPS) is 11.1. The van der Waals surface area contributed by atoms with Gasteiger partial charge >= 0.3 is 0 Å². The Morgan fingerprint density at radius 1 is 1.69 bits per heavy atom. The van der Waals surface area contributed by atoms with E-state index < -0.39 is 10.0 Å². The van der Waals surface area contributed by atoms with E-state index >= 15 is 0 Å². The fourth-order valence-electron chi connectivity index (χ4n) is 1.04. The molecule has 16 heavy (non-hydrogen) atoms. The van der Waals surface area contributed by atoms with E-state index in [2.05, 4.69) is 14.6 Å². The number of anilines is 1. The molecule has 1 aromatic rings. The Labute approximate surface area is 93.7 Å². The molecule has 88 valence electrons. The molecular formula is C8H12N4O3S. The minimum absolute atomic E-state index is 0.0427. The lowest BCUT2D eigenvalue weighted by atomic mass is 10.4.